The minimum absolute atomic E-state index is 0.0969. The Balaban J connectivity index is 0.000000394. The van der Waals surface area contributed by atoms with Gasteiger partial charge in [0.2, 0.25) is 5.69 Å². The van der Waals surface area contributed by atoms with Gasteiger partial charge in [-0.25, -0.2) is 16.8 Å². The monoisotopic (exact) mass is 851 g/mol. The number of allylic oxidation sites excluding steroid dienone is 8. The minimum atomic E-state index is -6.72. The zero-order valence-electron chi connectivity index (χ0n) is 31.6. The minimum Gasteiger partial charge on any atom is -0.421 e. The molecule has 18 heteroatoms. The Morgan fingerprint density at radius 1 is 0.804 bits per heavy atom. The number of anilines is 1. The summed E-state index contributed by atoms with van der Waals surface area (Å²) in [6, 6.07) is 17.4. The summed E-state index contributed by atoms with van der Waals surface area (Å²) in [6.45, 7) is 12.2. The molecule has 308 valence electrons. The molecule has 0 bridgehead atoms. The second-order valence-electron chi connectivity index (χ2n) is 14.1. The van der Waals surface area contributed by atoms with Crippen molar-refractivity contribution in [1.82, 2.24) is 0 Å². The summed E-state index contributed by atoms with van der Waals surface area (Å²) in [4.78, 5) is 2.40. The average molecular weight is 852 g/mol. The van der Waals surface area contributed by atoms with E-state index in [1.807, 2.05) is 0 Å². The number of hydrogen-bond acceptors (Lipinski definition) is 7. The third-order valence-corrected chi connectivity index (χ3v) is 13.0. The van der Waals surface area contributed by atoms with E-state index in [1.54, 1.807) is 14.2 Å². The first-order valence-electron chi connectivity index (χ1n) is 17.4. The Hall–Kier alpha value is -3.48. The van der Waals surface area contributed by atoms with Gasteiger partial charge in [0, 0.05) is 60.3 Å². The SMILES string of the molecule is COCCN1/C(=C/C=C2\CCCC(/C=C/C3=[N+](CCOC)c4ccccc4C3(C)C)=C2Cl)C(C)(C)c2ccccc21.O=S(=O)([N-]S(=O)(=O)C(F)(F)F)C(F)(F)F. The van der Waals surface area contributed by atoms with Gasteiger partial charge in [0.05, 0.1) is 12.0 Å². The van der Waals surface area contributed by atoms with E-state index in [0.717, 1.165) is 41.5 Å². The molecule has 2 aliphatic heterocycles. The average Bonchev–Trinajstić information content (AvgIpc) is 3.45. The Labute approximate surface area is 329 Å². The first-order valence-corrected chi connectivity index (χ1v) is 20.6. The predicted molar refractivity (Wildman–Crippen MR) is 205 cm³/mol. The largest absolute Gasteiger partial charge is 0.480 e. The van der Waals surface area contributed by atoms with E-state index in [4.69, 9.17) is 21.1 Å². The Bertz CT molecular complexity index is 2130. The van der Waals surface area contributed by atoms with Crippen molar-refractivity contribution in [2.24, 2.45) is 0 Å². The van der Waals surface area contributed by atoms with Crippen LogP contribution >= 0.6 is 11.6 Å². The highest BCUT2D eigenvalue weighted by molar-refractivity contribution is 8.13. The molecule has 3 aliphatic rings. The van der Waals surface area contributed by atoms with Crippen molar-refractivity contribution in [3.8, 4) is 0 Å². The van der Waals surface area contributed by atoms with E-state index in [1.165, 1.54) is 45.1 Å². The van der Waals surface area contributed by atoms with Crippen LogP contribution in [0.3, 0.4) is 0 Å². The van der Waals surface area contributed by atoms with E-state index >= 15 is 0 Å². The molecule has 0 aromatic heterocycles. The van der Waals surface area contributed by atoms with Gasteiger partial charge in [-0.1, -0.05) is 74.0 Å². The van der Waals surface area contributed by atoms with Crippen LogP contribution in [-0.2, 0) is 40.4 Å². The topological polar surface area (TPSA) is 107 Å². The quantitative estimate of drug-likeness (QED) is 0.164. The molecule has 2 heterocycles. The molecule has 0 atom stereocenters. The zero-order chi connectivity index (χ0) is 41.9. The summed E-state index contributed by atoms with van der Waals surface area (Å²) in [6.07, 6.45) is 12.2. The summed E-state index contributed by atoms with van der Waals surface area (Å²) in [5.41, 5.74) is -2.38. The van der Waals surface area contributed by atoms with Crippen LogP contribution in [0.25, 0.3) is 4.13 Å². The molecular weight excluding hydrogens is 808 g/mol. The third kappa shape index (κ3) is 9.45. The molecular formula is C38H44ClF6N3O6S2. The number of benzene rings is 2. The van der Waals surface area contributed by atoms with Gasteiger partial charge in [0.15, 0.2) is 32.3 Å². The predicted octanol–water partition coefficient (Wildman–Crippen LogP) is 9.26. The van der Waals surface area contributed by atoms with E-state index in [2.05, 4.69) is 110 Å². The molecule has 56 heavy (non-hydrogen) atoms. The van der Waals surface area contributed by atoms with E-state index in [9.17, 15) is 43.2 Å². The van der Waals surface area contributed by atoms with Crippen molar-refractivity contribution in [2.75, 3.05) is 45.4 Å². The van der Waals surface area contributed by atoms with Crippen molar-refractivity contribution >= 4 is 48.7 Å². The smallest absolute Gasteiger partial charge is 0.421 e. The molecule has 9 nitrogen and oxygen atoms in total. The van der Waals surface area contributed by atoms with Crippen molar-refractivity contribution in [3.63, 3.8) is 0 Å². The number of rotatable bonds is 11. The Morgan fingerprint density at radius 3 is 1.96 bits per heavy atom. The van der Waals surface area contributed by atoms with Crippen LogP contribution in [0, 0.1) is 0 Å². The van der Waals surface area contributed by atoms with Crippen molar-refractivity contribution in [3.05, 3.63) is 110 Å². The van der Waals surface area contributed by atoms with Crippen LogP contribution in [0.4, 0.5) is 37.7 Å². The number of para-hydroxylation sites is 2. The second-order valence-corrected chi connectivity index (χ2v) is 17.9. The number of fused-ring (bicyclic) bond motifs is 2. The highest BCUT2D eigenvalue weighted by atomic mass is 35.5. The fraction of sp³-hybridized carbons (Fsp3) is 0.447. The van der Waals surface area contributed by atoms with Crippen LogP contribution in [0.1, 0.15) is 58.1 Å². The molecule has 0 N–H and O–H groups in total. The van der Waals surface area contributed by atoms with Crippen LogP contribution < -0.4 is 4.90 Å². The summed E-state index contributed by atoms with van der Waals surface area (Å²) >= 11 is 7.13. The summed E-state index contributed by atoms with van der Waals surface area (Å²) in [5, 5.41) is 0.887. The van der Waals surface area contributed by atoms with Gasteiger partial charge < -0.3 is 18.5 Å². The second kappa shape index (κ2) is 17.2. The van der Waals surface area contributed by atoms with Crippen LogP contribution in [-0.4, -0.2) is 78.7 Å². The van der Waals surface area contributed by atoms with E-state index in [0.29, 0.717) is 13.2 Å². The van der Waals surface area contributed by atoms with Gasteiger partial charge in [0.1, 0.15) is 6.61 Å². The normalized spacial score (nSPS) is 19.8. The van der Waals surface area contributed by atoms with Gasteiger partial charge in [0.25, 0.3) is 0 Å². The fourth-order valence-electron chi connectivity index (χ4n) is 6.91. The molecule has 2 aromatic rings. The highest BCUT2D eigenvalue weighted by Crippen LogP contribution is 2.48. The van der Waals surface area contributed by atoms with Crippen LogP contribution in [0.2, 0.25) is 0 Å². The lowest BCUT2D eigenvalue weighted by Gasteiger charge is -2.27. The third-order valence-electron chi connectivity index (χ3n) is 9.76. The van der Waals surface area contributed by atoms with E-state index in [-0.39, 0.29) is 10.8 Å². The molecule has 1 aliphatic carbocycles. The number of nitrogens with zero attached hydrogens (tertiary/aromatic N) is 3. The maximum atomic E-state index is 11.4. The van der Waals surface area contributed by atoms with Gasteiger partial charge in [-0.05, 0) is 62.0 Å². The highest BCUT2D eigenvalue weighted by Gasteiger charge is 2.47. The summed E-state index contributed by atoms with van der Waals surface area (Å²) in [5.74, 6) is 0. The lowest BCUT2D eigenvalue weighted by atomic mass is 9.81. The molecule has 2 aromatic carbocycles. The van der Waals surface area contributed by atoms with Crippen molar-refractivity contribution in [2.45, 2.75) is 68.8 Å². The number of sulfonamides is 2. The summed E-state index contributed by atoms with van der Waals surface area (Å²) in [7, 11) is -9.91. The fourth-order valence-corrected chi connectivity index (χ4v) is 8.93. The van der Waals surface area contributed by atoms with Gasteiger partial charge in [-0.15, -0.1) is 0 Å². The van der Waals surface area contributed by atoms with Crippen LogP contribution in [0.15, 0.2) is 94.7 Å². The molecule has 0 saturated carbocycles. The molecule has 0 fully saturated rings. The number of methoxy groups -OCH3 is 2. The number of ether oxygens (including phenoxy) is 2. The molecule has 0 amide bonds. The number of alkyl halides is 6. The lowest BCUT2D eigenvalue weighted by Crippen LogP contribution is -2.30. The number of halogens is 7. The maximum Gasteiger partial charge on any atom is 0.480 e. The first kappa shape index (κ1) is 45.2. The van der Waals surface area contributed by atoms with Crippen molar-refractivity contribution in [1.29, 1.82) is 0 Å². The Kier molecular flexibility index (Phi) is 13.9. The number of hydrogen-bond donors (Lipinski definition) is 0. The zero-order valence-corrected chi connectivity index (χ0v) is 34.0. The van der Waals surface area contributed by atoms with Crippen LogP contribution in [0.5, 0.6) is 0 Å². The molecule has 0 unspecified atom stereocenters. The van der Waals surface area contributed by atoms with Gasteiger partial charge >= 0.3 is 11.0 Å². The lowest BCUT2D eigenvalue weighted by molar-refractivity contribution is -0.441. The van der Waals surface area contributed by atoms with Gasteiger partial charge in [-0.3, -0.25) is 0 Å². The summed E-state index contributed by atoms with van der Waals surface area (Å²) < 4.78 is 123. The maximum absolute atomic E-state index is 11.4. The Morgan fingerprint density at radius 2 is 1.38 bits per heavy atom. The molecule has 5 rings (SSSR count). The first-order chi connectivity index (χ1) is 25.9. The standard InChI is InChI=1S/C36H44ClN2O2.C2F6NO4S2/c1-35(2)28-14-7-9-16-30(28)38(22-24-40-5)32(35)20-18-26-12-11-13-27(34(26)37)19-21-33-36(3,4)29-15-8-10-17-31(29)39(33)23-25-41-6;3-1(4,5)14(10,11)9-15(12,13)2(6,7)8/h7-10,14-21H,11-13,22-25H2,1-6H3;/q+1;-1. The van der Waals surface area contributed by atoms with Crippen molar-refractivity contribution < 1.29 is 57.2 Å². The molecule has 0 spiro atoms. The molecule has 0 saturated heterocycles. The van der Waals surface area contributed by atoms with Gasteiger partial charge in [-0.2, -0.15) is 30.9 Å². The molecule has 0 radical (unpaired) electrons. The van der Waals surface area contributed by atoms with E-state index < -0.39 is 31.1 Å².